The molecule has 0 atom stereocenters. The van der Waals surface area contributed by atoms with Crippen molar-refractivity contribution in [1.29, 1.82) is 0 Å². The van der Waals surface area contributed by atoms with Gasteiger partial charge in [0.1, 0.15) is 11.5 Å². The number of carbonyl (C=O) groups is 1. The monoisotopic (exact) mass is 297 g/mol. The molecule has 112 valence electrons. The minimum atomic E-state index is -0.554. The van der Waals surface area contributed by atoms with E-state index < -0.39 is 11.7 Å². The van der Waals surface area contributed by atoms with E-state index in [-0.39, 0.29) is 12.1 Å². The average molecular weight is 297 g/mol. The van der Waals surface area contributed by atoms with Crippen molar-refractivity contribution in [2.24, 2.45) is 0 Å². The van der Waals surface area contributed by atoms with Gasteiger partial charge in [0.2, 0.25) is 0 Å². The highest BCUT2D eigenvalue weighted by Gasteiger charge is 2.11. The first-order valence-corrected chi connectivity index (χ1v) is 6.73. The van der Waals surface area contributed by atoms with Gasteiger partial charge in [-0.2, -0.15) is 0 Å². The van der Waals surface area contributed by atoms with Gasteiger partial charge in [-0.25, -0.2) is 9.37 Å². The average Bonchev–Trinajstić information content (AvgIpc) is 2.52. The second kappa shape index (κ2) is 7.23. The van der Waals surface area contributed by atoms with Crippen molar-refractivity contribution < 1.29 is 9.18 Å². The number of carbonyl (C=O) groups excluding carboxylic acids is 1. The number of anilines is 1. The normalized spacial score (nSPS) is 9.59. The maximum absolute atomic E-state index is 13.9. The number of hydrogen-bond donors (Lipinski definition) is 1. The smallest absolute Gasteiger partial charge is 0.255 e. The molecule has 0 bridgehead atoms. The molecule has 0 radical (unpaired) electrons. The van der Waals surface area contributed by atoms with E-state index in [2.05, 4.69) is 22.1 Å². The third-order valence-electron chi connectivity index (χ3n) is 2.93. The molecule has 0 aliphatic heterocycles. The van der Waals surface area contributed by atoms with Crippen LogP contribution in [0.4, 0.5) is 10.1 Å². The molecule has 0 saturated heterocycles. The zero-order valence-corrected chi connectivity index (χ0v) is 12.4. The predicted molar refractivity (Wildman–Crippen MR) is 84.2 cm³/mol. The highest BCUT2D eigenvalue weighted by atomic mass is 19.1. The lowest BCUT2D eigenvalue weighted by Crippen LogP contribution is -2.24. The number of benzene rings is 1. The van der Waals surface area contributed by atoms with Gasteiger partial charge in [-0.05, 0) is 36.3 Å². The van der Waals surface area contributed by atoms with E-state index in [0.29, 0.717) is 11.4 Å². The quantitative estimate of drug-likeness (QED) is 0.882. The van der Waals surface area contributed by atoms with Crippen LogP contribution in [0.15, 0.2) is 42.6 Å². The summed E-state index contributed by atoms with van der Waals surface area (Å²) in [5.74, 6) is 4.55. The van der Waals surface area contributed by atoms with E-state index in [9.17, 15) is 9.18 Å². The SMILES string of the molecule is CN(C)c1ccc(C(=O)NCC#Cc2ccccn2)c(F)c1. The molecule has 4 nitrogen and oxygen atoms in total. The highest BCUT2D eigenvalue weighted by molar-refractivity contribution is 5.95. The molecule has 0 saturated carbocycles. The molecule has 0 aliphatic rings. The molecule has 1 aromatic carbocycles. The van der Waals surface area contributed by atoms with Crippen LogP contribution in [0.2, 0.25) is 0 Å². The summed E-state index contributed by atoms with van der Waals surface area (Å²) in [4.78, 5) is 17.7. The lowest BCUT2D eigenvalue weighted by Gasteiger charge is -2.13. The van der Waals surface area contributed by atoms with Crippen molar-refractivity contribution in [2.45, 2.75) is 0 Å². The third-order valence-corrected chi connectivity index (χ3v) is 2.93. The number of hydrogen-bond acceptors (Lipinski definition) is 3. The Balaban J connectivity index is 1.97. The molecular formula is C17H16FN3O. The number of nitrogens with zero attached hydrogens (tertiary/aromatic N) is 2. The molecule has 22 heavy (non-hydrogen) atoms. The van der Waals surface area contributed by atoms with E-state index in [0.717, 1.165) is 0 Å². The summed E-state index contributed by atoms with van der Waals surface area (Å²) in [5.41, 5.74) is 1.33. The Labute approximate surface area is 129 Å². The molecule has 0 unspecified atom stereocenters. The second-order valence-electron chi connectivity index (χ2n) is 4.76. The molecule has 5 heteroatoms. The Morgan fingerprint density at radius 2 is 2.14 bits per heavy atom. The Bertz CT molecular complexity index is 718. The predicted octanol–water partition coefficient (Wildman–Crippen LogP) is 2.07. The summed E-state index contributed by atoms with van der Waals surface area (Å²) in [5, 5.41) is 2.56. The van der Waals surface area contributed by atoms with Crippen molar-refractivity contribution in [2.75, 3.05) is 25.5 Å². The second-order valence-corrected chi connectivity index (χ2v) is 4.76. The Morgan fingerprint density at radius 3 is 2.77 bits per heavy atom. The van der Waals surface area contributed by atoms with Crippen LogP contribution in [0.25, 0.3) is 0 Å². The summed E-state index contributed by atoms with van der Waals surface area (Å²) in [6, 6.07) is 9.89. The van der Waals surface area contributed by atoms with Gasteiger partial charge in [0.05, 0.1) is 12.1 Å². The van der Waals surface area contributed by atoms with E-state index in [4.69, 9.17) is 0 Å². The topological polar surface area (TPSA) is 45.2 Å². The highest BCUT2D eigenvalue weighted by Crippen LogP contribution is 2.16. The van der Waals surface area contributed by atoms with Crippen molar-refractivity contribution in [3.05, 3.63) is 59.7 Å². The van der Waals surface area contributed by atoms with E-state index >= 15 is 0 Å². The van der Waals surface area contributed by atoms with Gasteiger partial charge >= 0.3 is 0 Å². The Morgan fingerprint density at radius 1 is 1.32 bits per heavy atom. The summed E-state index contributed by atoms with van der Waals surface area (Å²) in [6.45, 7) is 0.129. The molecule has 0 aliphatic carbocycles. The van der Waals surface area contributed by atoms with Crippen LogP contribution >= 0.6 is 0 Å². The number of nitrogens with one attached hydrogen (secondary N) is 1. The third kappa shape index (κ3) is 4.06. The van der Waals surface area contributed by atoms with E-state index in [1.165, 1.54) is 12.1 Å². The molecule has 2 rings (SSSR count). The lowest BCUT2D eigenvalue weighted by molar-refractivity contribution is 0.0954. The van der Waals surface area contributed by atoms with E-state index in [1.807, 2.05) is 20.2 Å². The van der Waals surface area contributed by atoms with Crippen molar-refractivity contribution in [1.82, 2.24) is 10.3 Å². The van der Waals surface area contributed by atoms with E-state index in [1.54, 1.807) is 29.3 Å². The van der Waals surface area contributed by atoms with Gasteiger partial charge in [-0.3, -0.25) is 4.79 Å². The number of aromatic nitrogens is 1. The number of halogens is 1. The summed E-state index contributed by atoms with van der Waals surface area (Å²) >= 11 is 0. The van der Waals surface area contributed by atoms with Gasteiger partial charge in [-0.15, -0.1) is 0 Å². The maximum Gasteiger partial charge on any atom is 0.255 e. The molecule has 0 spiro atoms. The lowest BCUT2D eigenvalue weighted by atomic mass is 10.1. The number of amides is 1. The fourth-order valence-electron chi connectivity index (χ4n) is 1.76. The summed E-state index contributed by atoms with van der Waals surface area (Å²) in [6.07, 6.45) is 1.64. The molecule has 1 N–H and O–H groups in total. The molecule has 1 aromatic heterocycles. The van der Waals surface area contributed by atoms with Gasteiger partial charge in [0.15, 0.2) is 0 Å². The fourth-order valence-corrected chi connectivity index (χ4v) is 1.76. The van der Waals surface area contributed by atoms with Crippen LogP contribution in [0, 0.1) is 17.7 Å². The molecule has 1 amide bonds. The van der Waals surface area contributed by atoms with Gasteiger partial charge in [-0.1, -0.05) is 12.0 Å². The minimum Gasteiger partial charge on any atom is -0.378 e. The number of pyridine rings is 1. The number of rotatable bonds is 3. The van der Waals surface area contributed by atoms with Crippen molar-refractivity contribution in [3.63, 3.8) is 0 Å². The zero-order valence-electron chi connectivity index (χ0n) is 12.4. The van der Waals surface area contributed by atoms with Crippen LogP contribution in [0.5, 0.6) is 0 Å². The Kier molecular flexibility index (Phi) is 5.10. The first-order chi connectivity index (χ1) is 10.6. The van der Waals surface area contributed by atoms with Crippen molar-refractivity contribution >= 4 is 11.6 Å². The largest absolute Gasteiger partial charge is 0.378 e. The summed E-state index contributed by atoms with van der Waals surface area (Å²) in [7, 11) is 3.61. The van der Waals surface area contributed by atoms with Crippen LogP contribution in [0.3, 0.4) is 0 Å². The van der Waals surface area contributed by atoms with Crippen LogP contribution in [-0.4, -0.2) is 31.5 Å². The maximum atomic E-state index is 13.9. The first-order valence-electron chi connectivity index (χ1n) is 6.73. The fraction of sp³-hybridized carbons (Fsp3) is 0.176. The zero-order chi connectivity index (χ0) is 15.9. The summed E-state index contributed by atoms with van der Waals surface area (Å²) < 4.78 is 13.9. The van der Waals surface area contributed by atoms with Gasteiger partial charge in [0.25, 0.3) is 5.91 Å². The Hall–Kier alpha value is -2.87. The standard InChI is InChI=1S/C17H16FN3O/c1-21(2)14-8-9-15(16(18)12-14)17(22)20-11-5-7-13-6-3-4-10-19-13/h3-4,6,8-10,12H,11H2,1-2H3,(H,20,22). The van der Waals surface area contributed by atoms with Crippen molar-refractivity contribution in [3.8, 4) is 11.8 Å². The van der Waals surface area contributed by atoms with Crippen LogP contribution < -0.4 is 10.2 Å². The minimum absolute atomic E-state index is 0.00485. The van der Waals surface area contributed by atoms with Gasteiger partial charge < -0.3 is 10.2 Å². The van der Waals surface area contributed by atoms with Gasteiger partial charge in [0, 0.05) is 26.0 Å². The molecule has 1 heterocycles. The molecule has 2 aromatic rings. The molecule has 0 fully saturated rings. The van der Waals surface area contributed by atoms with Crippen LogP contribution in [0.1, 0.15) is 16.1 Å². The van der Waals surface area contributed by atoms with Crippen LogP contribution in [-0.2, 0) is 0 Å². The first kappa shape index (κ1) is 15.5. The molecular weight excluding hydrogens is 281 g/mol.